The van der Waals surface area contributed by atoms with Crippen molar-refractivity contribution >= 4 is 17.3 Å². The van der Waals surface area contributed by atoms with Gasteiger partial charge < -0.3 is 19.5 Å². The van der Waals surface area contributed by atoms with Crippen molar-refractivity contribution in [2.75, 3.05) is 18.5 Å². The molecule has 0 aliphatic heterocycles. The fourth-order valence-electron chi connectivity index (χ4n) is 3.26. The molecule has 0 unspecified atom stereocenters. The lowest BCUT2D eigenvalue weighted by atomic mass is 10.2. The first-order valence-corrected chi connectivity index (χ1v) is 11.0. The summed E-state index contributed by atoms with van der Waals surface area (Å²) in [5.74, 6) is 1.82. The van der Waals surface area contributed by atoms with Gasteiger partial charge in [-0.15, -0.1) is 0 Å². The van der Waals surface area contributed by atoms with Gasteiger partial charge in [-0.2, -0.15) is 5.10 Å². The maximum Gasteiger partial charge on any atom is 0.309 e. The Morgan fingerprint density at radius 2 is 1.76 bits per heavy atom. The normalized spacial score (nSPS) is 10.6. The maximum atomic E-state index is 12.3. The molecule has 0 atom stereocenters. The number of nitro groups is 1. The van der Waals surface area contributed by atoms with E-state index in [0.717, 1.165) is 5.56 Å². The smallest absolute Gasteiger partial charge is 0.309 e. The predicted molar refractivity (Wildman–Crippen MR) is 126 cm³/mol. The van der Waals surface area contributed by atoms with Crippen molar-refractivity contribution in [3.05, 3.63) is 70.0 Å². The fourth-order valence-corrected chi connectivity index (χ4v) is 3.26. The van der Waals surface area contributed by atoms with E-state index in [0.29, 0.717) is 48.5 Å². The summed E-state index contributed by atoms with van der Waals surface area (Å²) in [5, 5.41) is 17.7. The molecule has 180 valence electrons. The number of carbonyl (C=O) groups excluding carboxylic acids is 1. The van der Waals surface area contributed by atoms with E-state index in [9.17, 15) is 14.9 Å². The first kappa shape index (κ1) is 24.6. The highest BCUT2D eigenvalue weighted by molar-refractivity contribution is 5.90. The highest BCUT2D eigenvalue weighted by Crippen LogP contribution is 2.29. The van der Waals surface area contributed by atoms with Crippen molar-refractivity contribution in [1.82, 2.24) is 9.78 Å². The van der Waals surface area contributed by atoms with Crippen LogP contribution in [-0.4, -0.2) is 33.8 Å². The molecule has 3 rings (SSSR count). The molecule has 0 aliphatic rings. The van der Waals surface area contributed by atoms with E-state index in [2.05, 4.69) is 10.4 Å². The average molecular weight is 469 g/mol. The maximum absolute atomic E-state index is 12.3. The van der Waals surface area contributed by atoms with Crippen LogP contribution >= 0.6 is 0 Å². The van der Waals surface area contributed by atoms with Crippen molar-refractivity contribution in [3.63, 3.8) is 0 Å². The van der Waals surface area contributed by atoms with Gasteiger partial charge in [0.05, 0.1) is 24.7 Å². The van der Waals surface area contributed by atoms with Crippen LogP contribution < -0.4 is 19.5 Å². The summed E-state index contributed by atoms with van der Waals surface area (Å²) >= 11 is 0. The summed E-state index contributed by atoms with van der Waals surface area (Å²) < 4.78 is 18.5. The van der Waals surface area contributed by atoms with E-state index >= 15 is 0 Å². The molecular weight excluding hydrogens is 440 g/mol. The van der Waals surface area contributed by atoms with Crippen LogP contribution in [0.5, 0.6) is 17.2 Å². The molecule has 0 aliphatic carbocycles. The standard InChI is InChI=1S/C24H28N4O6/c1-4-32-22-11-6-18(14-23(22)33-5-2)16-34-20-9-7-19(8-10-20)26-24(29)12-13-27-17(3)21(15-25-27)28(30)31/h6-11,14-15H,4-5,12-13,16H2,1-3H3,(H,26,29). The largest absolute Gasteiger partial charge is 0.490 e. The quantitative estimate of drug-likeness (QED) is 0.307. The van der Waals surface area contributed by atoms with Gasteiger partial charge in [-0.3, -0.25) is 19.6 Å². The van der Waals surface area contributed by atoms with Crippen LogP contribution in [0, 0.1) is 17.0 Å². The molecular formula is C24H28N4O6. The highest BCUT2D eigenvalue weighted by Gasteiger charge is 2.16. The number of aromatic nitrogens is 2. The van der Waals surface area contributed by atoms with Gasteiger partial charge in [0.1, 0.15) is 24.2 Å². The van der Waals surface area contributed by atoms with Crippen molar-refractivity contribution < 1.29 is 23.9 Å². The molecule has 3 aromatic rings. The number of anilines is 1. The van der Waals surface area contributed by atoms with E-state index in [-0.39, 0.29) is 24.6 Å². The number of carbonyl (C=O) groups is 1. The zero-order valence-electron chi connectivity index (χ0n) is 19.4. The molecule has 0 saturated carbocycles. The summed E-state index contributed by atoms with van der Waals surface area (Å²) in [4.78, 5) is 22.7. The topological polar surface area (TPSA) is 118 Å². The van der Waals surface area contributed by atoms with E-state index in [1.807, 2.05) is 32.0 Å². The van der Waals surface area contributed by atoms with Gasteiger partial charge in [0.25, 0.3) is 0 Å². The number of rotatable bonds is 12. The molecule has 2 aromatic carbocycles. The number of hydrogen-bond acceptors (Lipinski definition) is 7. The zero-order valence-corrected chi connectivity index (χ0v) is 19.4. The molecule has 1 amide bonds. The molecule has 0 fully saturated rings. The predicted octanol–water partition coefficient (Wildman–Crippen LogP) is 4.50. The third-order valence-electron chi connectivity index (χ3n) is 4.98. The Labute approximate surface area is 197 Å². The number of amides is 1. The molecule has 1 N–H and O–H groups in total. The SMILES string of the molecule is CCOc1ccc(COc2ccc(NC(=O)CCn3ncc([N+](=O)[O-])c3C)cc2)cc1OCC. The van der Waals surface area contributed by atoms with E-state index < -0.39 is 4.92 Å². The minimum absolute atomic E-state index is 0.0599. The third-order valence-corrected chi connectivity index (χ3v) is 4.98. The Balaban J connectivity index is 1.50. The van der Waals surface area contributed by atoms with Crippen LogP contribution in [-0.2, 0) is 17.9 Å². The van der Waals surface area contributed by atoms with Crippen LogP contribution in [0.3, 0.4) is 0 Å². The lowest BCUT2D eigenvalue weighted by Crippen LogP contribution is -2.15. The molecule has 0 radical (unpaired) electrons. The Morgan fingerprint density at radius 3 is 2.41 bits per heavy atom. The van der Waals surface area contributed by atoms with Crippen LogP contribution in [0.2, 0.25) is 0 Å². The van der Waals surface area contributed by atoms with Crippen molar-refractivity contribution in [3.8, 4) is 17.2 Å². The van der Waals surface area contributed by atoms with Crippen LogP contribution in [0.15, 0.2) is 48.7 Å². The Hall–Kier alpha value is -4.08. The zero-order chi connectivity index (χ0) is 24.5. The minimum atomic E-state index is -0.490. The number of benzene rings is 2. The van der Waals surface area contributed by atoms with Gasteiger partial charge in [0.15, 0.2) is 11.5 Å². The summed E-state index contributed by atoms with van der Waals surface area (Å²) in [7, 11) is 0. The second kappa shape index (κ2) is 11.7. The molecule has 34 heavy (non-hydrogen) atoms. The molecule has 0 saturated heterocycles. The molecule has 0 spiro atoms. The first-order chi connectivity index (χ1) is 16.4. The Morgan fingerprint density at radius 1 is 1.06 bits per heavy atom. The van der Waals surface area contributed by atoms with Gasteiger partial charge in [0.2, 0.25) is 5.91 Å². The second-order valence-electron chi connectivity index (χ2n) is 7.35. The summed E-state index contributed by atoms with van der Waals surface area (Å²) in [6.07, 6.45) is 1.33. The first-order valence-electron chi connectivity index (χ1n) is 11.0. The van der Waals surface area contributed by atoms with Crippen LogP contribution in [0.1, 0.15) is 31.5 Å². The monoisotopic (exact) mass is 468 g/mol. The summed E-state index contributed by atoms with van der Waals surface area (Å²) in [5.41, 5.74) is 1.93. The van der Waals surface area contributed by atoms with E-state index in [4.69, 9.17) is 14.2 Å². The van der Waals surface area contributed by atoms with E-state index in [1.165, 1.54) is 10.9 Å². The lowest BCUT2D eigenvalue weighted by Gasteiger charge is -2.13. The molecule has 10 heteroatoms. The van der Waals surface area contributed by atoms with Crippen molar-refractivity contribution in [2.45, 2.75) is 40.3 Å². The third kappa shape index (κ3) is 6.47. The molecule has 0 bridgehead atoms. The lowest BCUT2D eigenvalue weighted by molar-refractivity contribution is -0.385. The Kier molecular flexibility index (Phi) is 8.44. The van der Waals surface area contributed by atoms with Crippen LogP contribution in [0.25, 0.3) is 0 Å². The second-order valence-corrected chi connectivity index (χ2v) is 7.35. The van der Waals surface area contributed by atoms with Gasteiger partial charge in [-0.25, -0.2) is 0 Å². The van der Waals surface area contributed by atoms with Gasteiger partial charge in [-0.05, 0) is 62.7 Å². The number of hydrogen-bond donors (Lipinski definition) is 1. The van der Waals surface area contributed by atoms with Crippen molar-refractivity contribution in [2.24, 2.45) is 0 Å². The fraction of sp³-hybridized carbons (Fsp3) is 0.333. The van der Waals surface area contributed by atoms with Gasteiger partial charge in [0, 0.05) is 12.1 Å². The van der Waals surface area contributed by atoms with Crippen molar-refractivity contribution in [1.29, 1.82) is 0 Å². The molecule has 10 nitrogen and oxygen atoms in total. The summed E-state index contributed by atoms with van der Waals surface area (Å²) in [6.45, 7) is 7.15. The average Bonchev–Trinajstić information content (AvgIpc) is 3.19. The Bertz CT molecular complexity index is 1130. The van der Waals surface area contributed by atoms with E-state index in [1.54, 1.807) is 31.2 Å². The summed E-state index contributed by atoms with van der Waals surface area (Å²) in [6, 6.07) is 12.7. The number of nitrogens with zero attached hydrogens (tertiary/aromatic N) is 3. The molecule has 1 aromatic heterocycles. The molecule has 1 heterocycles. The van der Waals surface area contributed by atoms with Gasteiger partial charge >= 0.3 is 5.69 Å². The van der Waals surface area contributed by atoms with Crippen LogP contribution in [0.4, 0.5) is 11.4 Å². The number of ether oxygens (including phenoxy) is 3. The highest BCUT2D eigenvalue weighted by atomic mass is 16.6. The van der Waals surface area contributed by atoms with Gasteiger partial charge in [-0.1, -0.05) is 6.07 Å². The number of nitrogens with one attached hydrogen (secondary N) is 1. The number of aryl methyl sites for hydroxylation is 1. The minimum Gasteiger partial charge on any atom is -0.490 e.